The minimum absolute atomic E-state index is 0.129. The van der Waals surface area contributed by atoms with Crippen LogP contribution in [0.1, 0.15) is 58.3 Å². The molecule has 1 N–H and O–H groups in total. The van der Waals surface area contributed by atoms with Crippen molar-refractivity contribution in [2.45, 2.75) is 58.3 Å². The number of Topliss-reactive ketones (excluding diaryl/α,β-unsaturated/α-hetero) is 1. The summed E-state index contributed by atoms with van der Waals surface area (Å²) in [6, 6.07) is 2.72. The van der Waals surface area contributed by atoms with E-state index in [2.05, 4.69) is 13.0 Å². The Morgan fingerprint density at radius 2 is 2.08 bits per heavy atom. The van der Waals surface area contributed by atoms with Crippen molar-refractivity contribution in [3.05, 3.63) is 11.1 Å². The number of rotatable bonds is 2. The zero-order chi connectivity index (χ0) is 17.3. The van der Waals surface area contributed by atoms with Gasteiger partial charge >= 0.3 is 0 Å². The van der Waals surface area contributed by atoms with Crippen molar-refractivity contribution in [3.63, 3.8) is 0 Å². The van der Waals surface area contributed by atoms with E-state index in [9.17, 15) is 15.2 Å². The number of aliphatic hydroxyl groups excluding tert-OH is 1. The maximum atomic E-state index is 12.0. The first kappa shape index (κ1) is 16.1. The van der Waals surface area contributed by atoms with Crippen LogP contribution in [0.5, 0.6) is 0 Å². The number of nitriles is 1. The maximum Gasteiger partial charge on any atom is 0.136 e. The summed E-state index contributed by atoms with van der Waals surface area (Å²) < 4.78 is 0. The highest BCUT2D eigenvalue weighted by atomic mass is 16.3. The predicted octanol–water partition coefficient (Wildman–Crippen LogP) is 3.88. The molecule has 8 atom stereocenters. The van der Waals surface area contributed by atoms with Gasteiger partial charge in [0, 0.05) is 12.8 Å². The van der Waals surface area contributed by atoms with Gasteiger partial charge in [-0.2, -0.15) is 5.26 Å². The number of allylic oxidation sites excluding steroid dienone is 1. The van der Waals surface area contributed by atoms with E-state index in [0.29, 0.717) is 41.8 Å². The van der Waals surface area contributed by atoms with E-state index in [0.717, 1.165) is 31.6 Å². The Balaban J connectivity index is 1.55. The topological polar surface area (TPSA) is 61.1 Å². The normalized spacial score (nSPS) is 50.4. The fraction of sp³-hybridized carbons (Fsp3) is 0.818. The third-order valence-corrected chi connectivity index (χ3v) is 9.03. The summed E-state index contributed by atoms with van der Waals surface area (Å²) in [7, 11) is 0. The zero-order valence-corrected chi connectivity index (χ0v) is 15.2. The van der Waals surface area contributed by atoms with Gasteiger partial charge in [-0.15, -0.1) is 0 Å². The highest BCUT2D eigenvalue weighted by molar-refractivity contribution is 5.82. The SMILES string of the molecule is CC[C@]12CCC3C4CCC(=O)CC4=C(CO)CC3C1[C@@H]1C[C@@H]1[C@@H]2C#N. The third kappa shape index (κ3) is 1.98. The summed E-state index contributed by atoms with van der Waals surface area (Å²) in [6.07, 6.45) is 8.17. The molecule has 0 aromatic heterocycles. The Labute approximate surface area is 150 Å². The average molecular weight is 339 g/mol. The number of fused-ring (bicyclic) bond motifs is 7. The second kappa shape index (κ2) is 5.43. The van der Waals surface area contributed by atoms with Gasteiger partial charge in [0.2, 0.25) is 0 Å². The lowest BCUT2D eigenvalue weighted by atomic mass is 9.48. The van der Waals surface area contributed by atoms with Crippen LogP contribution in [-0.4, -0.2) is 17.5 Å². The first-order valence-electron chi connectivity index (χ1n) is 10.4. The molecule has 5 aliphatic rings. The van der Waals surface area contributed by atoms with Crippen molar-refractivity contribution in [2.24, 2.45) is 46.8 Å². The molecule has 0 amide bonds. The molecule has 0 bridgehead atoms. The smallest absolute Gasteiger partial charge is 0.136 e. The van der Waals surface area contributed by atoms with Crippen LogP contribution in [-0.2, 0) is 4.79 Å². The Kier molecular flexibility index (Phi) is 3.49. The maximum absolute atomic E-state index is 12.0. The molecule has 0 spiro atoms. The van der Waals surface area contributed by atoms with Gasteiger partial charge in [-0.25, -0.2) is 0 Å². The molecule has 3 heteroatoms. The Morgan fingerprint density at radius 3 is 2.80 bits per heavy atom. The van der Waals surface area contributed by atoms with Crippen molar-refractivity contribution < 1.29 is 9.90 Å². The fourth-order valence-electron chi connectivity index (χ4n) is 8.07. The molecule has 0 aromatic carbocycles. The first-order chi connectivity index (χ1) is 12.1. The van der Waals surface area contributed by atoms with Gasteiger partial charge < -0.3 is 5.11 Å². The number of hydrogen-bond donors (Lipinski definition) is 1. The summed E-state index contributed by atoms with van der Waals surface area (Å²) in [4.78, 5) is 12.0. The van der Waals surface area contributed by atoms with Gasteiger partial charge in [-0.1, -0.05) is 12.5 Å². The number of carbonyl (C=O) groups excluding carboxylic acids is 1. The van der Waals surface area contributed by atoms with Gasteiger partial charge in [0.25, 0.3) is 0 Å². The predicted molar refractivity (Wildman–Crippen MR) is 94.2 cm³/mol. The molecule has 0 heterocycles. The largest absolute Gasteiger partial charge is 0.392 e. The molecule has 0 saturated heterocycles. The number of nitrogens with zero attached hydrogens (tertiary/aromatic N) is 1. The molecule has 3 nitrogen and oxygen atoms in total. The van der Waals surface area contributed by atoms with Crippen molar-refractivity contribution >= 4 is 5.78 Å². The minimum Gasteiger partial charge on any atom is -0.392 e. The van der Waals surface area contributed by atoms with Gasteiger partial charge in [0.1, 0.15) is 5.78 Å². The molecular weight excluding hydrogens is 310 g/mol. The van der Waals surface area contributed by atoms with Crippen LogP contribution < -0.4 is 0 Å². The number of carbonyl (C=O) groups is 1. The van der Waals surface area contributed by atoms with Crippen LogP contribution in [0.15, 0.2) is 11.1 Å². The summed E-state index contributed by atoms with van der Waals surface area (Å²) in [6.45, 7) is 2.43. The van der Waals surface area contributed by atoms with Crippen molar-refractivity contribution in [3.8, 4) is 6.07 Å². The molecule has 134 valence electrons. The van der Waals surface area contributed by atoms with Crippen LogP contribution in [0.3, 0.4) is 0 Å². The molecule has 25 heavy (non-hydrogen) atoms. The van der Waals surface area contributed by atoms with Crippen molar-refractivity contribution in [2.75, 3.05) is 6.61 Å². The van der Waals surface area contributed by atoms with E-state index in [1.54, 1.807) is 0 Å². The lowest BCUT2D eigenvalue weighted by Gasteiger charge is -2.55. The second-order valence-corrected chi connectivity index (χ2v) is 9.50. The summed E-state index contributed by atoms with van der Waals surface area (Å²) in [5.74, 6) is 4.62. The minimum atomic E-state index is 0.129. The summed E-state index contributed by atoms with van der Waals surface area (Å²) in [5.41, 5.74) is 2.74. The zero-order valence-electron chi connectivity index (χ0n) is 15.2. The van der Waals surface area contributed by atoms with Gasteiger partial charge in [-0.05, 0) is 85.0 Å². The quantitative estimate of drug-likeness (QED) is 0.777. The van der Waals surface area contributed by atoms with Gasteiger partial charge in [0.05, 0.1) is 18.6 Å². The molecule has 0 aromatic rings. The van der Waals surface area contributed by atoms with Crippen LogP contribution in [0, 0.1) is 58.2 Å². The number of ketones is 1. The highest BCUT2D eigenvalue weighted by Gasteiger charge is 2.70. The molecule has 0 radical (unpaired) electrons. The molecule has 4 fully saturated rings. The molecule has 4 saturated carbocycles. The van der Waals surface area contributed by atoms with Crippen LogP contribution >= 0.6 is 0 Å². The molecule has 0 aliphatic heterocycles. The van der Waals surface area contributed by atoms with Crippen LogP contribution in [0.4, 0.5) is 0 Å². The molecule has 5 aliphatic carbocycles. The Hall–Kier alpha value is -1.14. The summed E-state index contributed by atoms with van der Waals surface area (Å²) >= 11 is 0. The number of hydrogen-bond acceptors (Lipinski definition) is 3. The third-order valence-electron chi connectivity index (χ3n) is 9.03. The Bertz CT molecular complexity index is 689. The second-order valence-electron chi connectivity index (χ2n) is 9.50. The van der Waals surface area contributed by atoms with E-state index in [1.165, 1.54) is 30.4 Å². The van der Waals surface area contributed by atoms with Crippen LogP contribution in [0.25, 0.3) is 0 Å². The monoisotopic (exact) mass is 339 g/mol. The van der Waals surface area contributed by atoms with E-state index >= 15 is 0 Å². The van der Waals surface area contributed by atoms with E-state index in [-0.39, 0.29) is 17.9 Å². The Morgan fingerprint density at radius 1 is 1.24 bits per heavy atom. The number of aliphatic hydroxyl groups is 1. The molecule has 4 unspecified atom stereocenters. The first-order valence-corrected chi connectivity index (χ1v) is 10.4. The van der Waals surface area contributed by atoms with Gasteiger partial charge in [-0.3, -0.25) is 4.79 Å². The molecule has 5 rings (SSSR count). The average Bonchev–Trinajstić information content (AvgIpc) is 3.35. The summed E-state index contributed by atoms with van der Waals surface area (Å²) in [5, 5.41) is 19.9. The van der Waals surface area contributed by atoms with E-state index in [1.807, 2.05) is 0 Å². The fourth-order valence-corrected chi connectivity index (χ4v) is 8.07. The van der Waals surface area contributed by atoms with Crippen LogP contribution in [0.2, 0.25) is 0 Å². The lowest BCUT2D eigenvalue weighted by molar-refractivity contribution is -0.120. The molecular formula is C22H29NO2. The van der Waals surface area contributed by atoms with Crippen molar-refractivity contribution in [1.82, 2.24) is 0 Å². The van der Waals surface area contributed by atoms with E-state index in [4.69, 9.17) is 0 Å². The highest BCUT2D eigenvalue weighted by Crippen LogP contribution is 2.75. The van der Waals surface area contributed by atoms with Crippen molar-refractivity contribution in [1.29, 1.82) is 5.26 Å². The van der Waals surface area contributed by atoms with Gasteiger partial charge in [0.15, 0.2) is 0 Å². The van der Waals surface area contributed by atoms with E-state index < -0.39 is 0 Å². The standard InChI is InChI=1S/C22H29NO2/c1-2-22-6-5-15-14-4-3-13(25)8-16(14)12(11-24)7-18(15)21(22)19-9-17(19)20(22)10-23/h14-15,17-21,24H,2-9,11H2,1H3/t14?,15?,17-,18?,19+,20-,21?,22+/m0/s1. The lowest BCUT2D eigenvalue weighted by Crippen LogP contribution is -2.49.